The first-order valence-electron chi connectivity index (χ1n) is 12.2. The molecule has 6 N–H and O–H groups in total. The van der Waals surface area contributed by atoms with Crippen LogP contribution >= 0.6 is 0 Å². The van der Waals surface area contributed by atoms with E-state index in [1.807, 2.05) is 48.5 Å². The first kappa shape index (κ1) is 31.1. The third-order valence-corrected chi connectivity index (χ3v) is 8.02. The van der Waals surface area contributed by atoms with Crippen molar-refractivity contribution in [3.8, 4) is 5.75 Å². The van der Waals surface area contributed by atoms with Gasteiger partial charge in [-0.2, -0.15) is 13.2 Å². The smallest absolute Gasteiger partial charge is 0.416 e. The minimum atomic E-state index is -4.39. The fourth-order valence-electron chi connectivity index (χ4n) is 6.42. The fourth-order valence-corrected chi connectivity index (χ4v) is 6.42. The van der Waals surface area contributed by atoms with Crippen LogP contribution < -0.4 is 9.64 Å². The molecule has 2 bridgehead atoms. The average molecular weight is 535 g/mol. The van der Waals surface area contributed by atoms with Crippen molar-refractivity contribution in [2.45, 2.75) is 30.5 Å². The lowest BCUT2D eigenvalue weighted by Gasteiger charge is -2.61. The van der Waals surface area contributed by atoms with Crippen LogP contribution in [0.15, 0.2) is 78.9 Å². The summed E-state index contributed by atoms with van der Waals surface area (Å²) in [5.74, 6) is 0.831. The van der Waals surface area contributed by atoms with E-state index in [1.165, 1.54) is 12.1 Å². The Labute approximate surface area is 221 Å². The molecule has 0 aromatic heterocycles. The van der Waals surface area contributed by atoms with Gasteiger partial charge in [0, 0.05) is 19.5 Å². The van der Waals surface area contributed by atoms with Crippen LogP contribution in [-0.4, -0.2) is 60.7 Å². The Morgan fingerprint density at radius 2 is 1.47 bits per heavy atom. The molecular weight excluding hydrogens is 497 g/mol. The van der Waals surface area contributed by atoms with E-state index in [2.05, 4.69) is 29.0 Å². The molecule has 0 radical (unpaired) electrons. The van der Waals surface area contributed by atoms with Crippen LogP contribution in [0.5, 0.6) is 5.75 Å². The highest BCUT2D eigenvalue weighted by atomic mass is 19.4. The van der Waals surface area contributed by atoms with E-state index >= 15 is 0 Å². The topological polar surface area (TPSA) is 110 Å². The molecule has 0 spiro atoms. The number of para-hydroxylation sites is 2. The maximum absolute atomic E-state index is 13.8. The van der Waals surface area contributed by atoms with E-state index in [-0.39, 0.29) is 22.3 Å². The Bertz CT molecular complexity index is 1170. The largest absolute Gasteiger partial charge is 0.495 e. The van der Waals surface area contributed by atoms with Gasteiger partial charge in [0.15, 0.2) is 0 Å². The number of ether oxygens (including phenoxy) is 1. The number of hydrogen-bond donors (Lipinski definition) is 0. The van der Waals surface area contributed by atoms with Crippen molar-refractivity contribution in [3.63, 3.8) is 0 Å². The molecule has 208 valence electrons. The van der Waals surface area contributed by atoms with Crippen LogP contribution in [0.1, 0.15) is 35.4 Å². The monoisotopic (exact) mass is 534 g/mol. The predicted octanol–water partition coefficient (Wildman–Crippen LogP) is 3.97. The molecule has 9 heteroatoms. The molecule has 38 heavy (non-hydrogen) atoms. The van der Waals surface area contributed by atoms with Crippen molar-refractivity contribution in [2.75, 3.05) is 38.7 Å². The number of benzene rings is 3. The van der Waals surface area contributed by atoms with E-state index in [0.29, 0.717) is 11.5 Å². The molecule has 6 rings (SSSR count). The third-order valence-electron chi connectivity index (χ3n) is 8.02. The molecule has 3 aromatic carbocycles. The summed E-state index contributed by atoms with van der Waals surface area (Å²) in [6, 6.07) is 23.9. The fraction of sp³-hybridized carbons (Fsp3) is 0.379. The zero-order valence-electron chi connectivity index (χ0n) is 21.6. The summed E-state index contributed by atoms with van der Waals surface area (Å²) < 4.78 is 47.2. The van der Waals surface area contributed by atoms with Gasteiger partial charge in [-0.1, -0.05) is 60.7 Å². The molecule has 0 unspecified atom stereocenters. The van der Waals surface area contributed by atoms with Crippen molar-refractivity contribution < 1.29 is 34.3 Å². The maximum Gasteiger partial charge on any atom is 0.416 e. The summed E-state index contributed by atoms with van der Waals surface area (Å²) in [5, 5.41) is 0. The summed E-state index contributed by atoms with van der Waals surface area (Å²) in [4.78, 5) is 4.77. The van der Waals surface area contributed by atoms with Crippen molar-refractivity contribution in [1.29, 1.82) is 0 Å². The van der Waals surface area contributed by atoms with Gasteiger partial charge in [-0.15, -0.1) is 0 Å². The zero-order chi connectivity index (χ0) is 24.6. The predicted molar refractivity (Wildman–Crippen MR) is 144 cm³/mol. The first-order valence-corrected chi connectivity index (χ1v) is 12.2. The van der Waals surface area contributed by atoms with Gasteiger partial charge in [0.05, 0.1) is 23.9 Å². The van der Waals surface area contributed by atoms with Crippen LogP contribution in [-0.2, 0) is 6.18 Å². The SMILES string of the molecule is COc1ccccc1N(C)[C@]1([C@H](c2ccccc2)c2cccc(C(F)(F)F)c2)CN2CCC1CC2.O.O.O. The molecule has 0 amide bonds. The highest BCUT2D eigenvalue weighted by molar-refractivity contribution is 5.62. The van der Waals surface area contributed by atoms with Gasteiger partial charge in [-0.3, -0.25) is 0 Å². The Morgan fingerprint density at radius 3 is 2.05 bits per heavy atom. The van der Waals surface area contributed by atoms with Crippen molar-refractivity contribution in [2.24, 2.45) is 5.92 Å². The number of halogens is 3. The van der Waals surface area contributed by atoms with E-state index < -0.39 is 17.3 Å². The van der Waals surface area contributed by atoms with Gasteiger partial charge in [0.2, 0.25) is 0 Å². The highest BCUT2D eigenvalue weighted by Gasteiger charge is 2.55. The third kappa shape index (κ3) is 5.37. The van der Waals surface area contributed by atoms with Crippen LogP contribution in [0.25, 0.3) is 0 Å². The summed E-state index contributed by atoms with van der Waals surface area (Å²) in [6.07, 6.45) is -2.36. The summed E-state index contributed by atoms with van der Waals surface area (Å²) >= 11 is 0. The van der Waals surface area contributed by atoms with Crippen LogP contribution in [0.4, 0.5) is 18.9 Å². The number of likely N-dealkylation sites (N-methyl/N-ethyl adjacent to an activating group) is 1. The Morgan fingerprint density at radius 1 is 0.868 bits per heavy atom. The minimum Gasteiger partial charge on any atom is -0.495 e. The van der Waals surface area contributed by atoms with Gasteiger partial charge in [0.25, 0.3) is 0 Å². The molecule has 3 aromatic rings. The second kappa shape index (κ2) is 12.2. The summed E-state index contributed by atoms with van der Waals surface area (Å²) in [7, 11) is 3.75. The lowest BCUT2D eigenvalue weighted by atomic mass is 9.61. The van der Waals surface area contributed by atoms with Crippen LogP contribution in [0.3, 0.4) is 0 Å². The van der Waals surface area contributed by atoms with Crippen LogP contribution in [0.2, 0.25) is 0 Å². The molecule has 0 saturated carbocycles. The van der Waals surface area contributed by atoms with Crippen LogP contribution in [0, 0.1) is 5.92 Å². The second-order valence-electron chi connectivity index (χ2n) is 9.74. The van der Waals surface area contributed by atoms with Crippen molar-refractivity contribution in [1.82, 2.24) is 4.90 Å². The summed E-state index contributed by atoms with van der Waals surface area (Å²) in [5.41, 5.74) is 1.63. The second-order valence-corrected chi connectivity index (χ2v) is 9.74. The molecule has 2 atom stereocenters. The summed E-state index contributed by atoms with van der Waals surface area (Å²) in [6.45, 7) is 2.83. The average Bonchev–Trinajstić information content (AvgIpc) is 2.89. The van der Waals surface area contributed by atoms with E-state index in [9.17, 15) is 13.2 Å². The van der Waals surface area contributed by atoms with E-state index in [1.54, 1.807) is 13.2 Å². The Balaban J connectivity index is 0.00000169. The molecule has 3 saturated heterocycles. The number of methoxy groups -OCH3 is 1. The van der Waals surface area contributed by atoms with Crippen molar-refractivity contribution in [3.05, 3.63) is 95.6 Å². The zero-order valence-corrected chi connectivity index (χ0v) is 21.6. The number of rotatable bonds is 6. The van der Waals surface area contributed by atoms with Gasteiger partial charge in [-0.25, -0.2) is 0 Å². The normalized spacial score (nSPS) is 22.8. The molecule has 3 heterocycles. The molecule has 6 nitrogen and oxygen atoms in total. The van der Waals surface area contributed by atoms with Gasteiger partial charge >= 0.3 is 6.18 Å². The van der Waals surface area contributed by atoms with Gasteiger partial charge < -0.3 is 31.0 Å². The maximum atomic E-state index is 13.8. The van der Waals surface area contributed by atoms with E-state index in [4.69, 9.17) is 4.74 Å². The molecule has 3 aliphatic rings. The number of nitrogens with zero attached hydrogens (tertiary/aromatic N) is 2. The quantitative estimate of drug-likeness (QED) is 0.477. The van der Waals surface area contributed by atoms with Gasteiger partial charge in [-0.05, 0) is 61.2 Å². The highest BCUT2D eigenvalue weighted by Crippen LogP contribution is 2.53. The number of anilines is 1. The number of fused-ring (bicyclic) bond motifs is 3. The lowest BCUT2D eigenvalue weighted by Crippen LogP contribution is -2.69. The Kier molecular flexibility index (Phi) is 9.96. The minimum absolute atomic E-state index is 0. The molecule has 3 aliphatic heterocycles. The lowest BCUT2D eigenvalue weighted by molar-refractivity contribution is -0.137. The first-order chi connectivity index (χ1) is 16.8. The number of alkyl halides is 3. The Hall–Kier alpha value is -3.11. The standard InChI is InChI=1S/C29H31F3N2O.3H2O/c1-33(25-13-6-7-14-26(25)35-2)28(20-34-17-15-23(28)16-18-34)27(21-9-4-3-5-10-21)22-11-8-12-24(19-22)29(30,31)32;;;/h3-14,19,23,27H,15-18,20H2,1-2H3;3*1H2/t27-,28-;;;/m1.../s1. The molecule has 3 fully saturated rings. The number of piperidine rings is 3. The van der Waals surface area contributed by atoms with E-state index in [0.717, 1.165) is 49.5 Å². The van der Waals surface area contributed by atoms with Gasteiger partial charge in [0.1, 0.15) is 5.75 Å². The number of hydrogen-bond acceptors (Lipinski definition) is 3. The molecular formula is C29H37F3N2O4. The van der Waals surface area contributed by atoms with Crippen molar-refractivity contribution >= 4 is 5.69 Å². The molecule has 0 aliphatic carbocycles.